The zero-order valence-corrected chi connectivity index (χ0v) is 20.1. The third kappa shape index (κ3) is 5.25. The van der Waals surface area contributed by atoms with Crippen LogP contribution in [0, 0.1) is 0 Å². The summed E-state index contributed by atoms with van der Waals surface area (Å²) in [6.07, 6.45) is 6.35. The van der Waals surface area contributed by atoms with E-state index in [0.717, 1.165) is 24.3 Å². The van der Waals surface area contributed by atoms with Crippen molar-refractivity contribution in [3.05, 3.63) is 65.2 Å². The van der Waals surface area contributed by atoms with E-state index in [2.05, 4.69) is 4.90 Å². The van der Waals surface area contributed by atoms with Gasteiger partial charge in [-0.2, -0.15) is 0 Å². The van der Waals surface area contributed by atoms with Gasteiger partial charge in [0, 0.05) is 29.8 Å². The van der Waals surface area contributed by atoms with Crippen LogP contribution in [0.2, 0.25) is 5.02 Å². The molecule has 1 aliphatic heterocycles. The van der Waals surface area contributed by atoms with Crippen molar-refractivity contribution in [3.8, 4) is 0 Å². The number of carbonyl (C=O) groups is 2. The first-order valence-corrected chi connectivity index (χ1v) is 12.4. The maximum atomic E-state index is 13.8. The molecule has 0 N–H and O–H groups in total. The van der Waals surface area contributed by atoms with Crippen LogP contribution in [0.1, 0.15) is 51.0 Å². The first kappa shape index (κ1) is 23.8. The molecule has 1 heterocycles. The van der Waals surface area contributed by atoms with Gasteiger partial charge in [0.15, 0.2) is 0 Å². The molecule has 6 heteroatoms. The number of anilines is 1. The van der Waals surface area contributed by atoms with Gasteiger partial charge in [-0.15, -0.1) is 0 Å². The summed E-state index contributed by atoms with van der Waals surface area (Å²) in [6, 6.07) is 17.5. The second-order valence-electron chi connectivity index (χ2n) is 9.09. The summed E-state index contributed by atoms with van der Waals surface area (Å²) in [6.45, 7) is 3.70. The summed E-state index contributed by atoms with van der Waals surface area (Å²) in [5, 5.41) is 0.633. The van der Waals surface area contributed by atoms with Crippen molar-refractivity contribution in [2.75, 3.05) is 24.6 Å². The molecular weight excluding hydrogens is 436 g/mol. The number of piperidine rings is 1. The van der Waals surface area contributed by atoms with E-state index in [1.165, 1.54) is 25.7 Å². The molecule has 2 aromatic carbocycles. The summed E-state index contributed by atoms with van der Waals surface area (Å²) in [5.41, 5.74) is 0.599. The number of halogens is 1. The van der Waals surface area contributed by atoms with Crippen molar-refractivity contribution in [2.45, 2.75) is 63.5 Å². The van der Waals surface area contributed by atoms with Crippen LogP contribution in [-0.2, 0) is 20.7 Å². The number of hydrogen-bond acceptors (Lipinski definition) is 4. The maximum Gasteiger partial charge on any atom is 0.332 e. The number of rotatable bonds is 7. The van der Waals surface area contributed by atoms with E-state index in [0.29, 0.717) is 30.5 Å². The molecule has 1 amide bonds. The summed E-state index contributed by atoms with van der Waals surface area (Å²) in [5.74, 6) is -0.407. The number of carbonyl (C=O) groups excluding carboxylic acids is 2. The fraction of sp³-hybridized carbons (Fsp3) is 0.481. The van der Waals surface area contributed by atoms with Crippen molar-refractivity contribution in [1.29, 1.82) is 0 Å². The Morgan fingerprint density at radius 3 is 2.27 bits per heavy atom. The van der Waals surface area contributed by atoms with Crippen LogP contribution in [0.15, 0.2) is 54.6 Å². The fourth-order valence-electron chi connectivity index (χ4n) is 5.38. The standard InChI is InChI=1S/C27H33ClN2O3/c1-2-33-26(32)27(16-18-29(19-17-27)23-8-6-7-9-23)30(24-10-4-3-5-11-24)25(31)20-21-12-14-22(28)15-13-21/h3-5,10-15,23H,2,6-9,16-20H2,1H3. The molecule has 1 aliphatic carbocycles. The number of ether oxygens (including phenoxy) is 1. The highest BCUT2D eigenvalue weighted by molar-refractivity contribution is 6.30. The average molecular weight is 469 g/mol. The Morgan fingerprint density at radius 1 is 1.03 bits per heavy atom. The van der Waals surface area contributed by atoms with Crippen LogP contribution in [0.5, 0.6) is 0 Å². The van der Waals surface area contributed by atoms with Gasteiger partial charge in [-0.25, -0.2) is 4.79 Å². The molecule has 0 aromatic heterocycles. The maximum absolute atomic E-state index is 13.8. The minimum absolute atomic E-state index is 0.106. The molecule has 5 nitrogen and oxygen atoms in total. The third-order valence-corrected chi connectivity index (χ3v) is 7.33. The van der Waals surface area contributed by atoms with Crippen molar-refractivity contribution < 1.29 is 14.3 Å². The molecule has 33 heavy (non-hydrogen) atoms. The highest BCUT2D eigenvalue weighted by atomic mass is 35.5. The first-order chi connectivity index (χ1) is 16.0. The third-order valence-electron chi connectivity index (χ3n) is 7.08. The largest absolute Gasteiger partial charge is 0.464 e. The predicted molar refractivity (Wildman–Crippen MR) is 132 cm³/mol. The summed E-state index contributed by atoms with van der Waals surface area (Å²) in [4.78, 5) is 31.6. The van der Waals surface area contributed by atoms with E-state index < -0.39 is 5.54 Å². The van der Waals surface area contributed by atoms with Gasteiger partial charge < -0.3 is 9.64 Å². The van der Waals surface area contributed by atoms with Crippen LogP contribution in [0.4, 0.5) is 5.69 Å². The van der Waals surface area contributed by atoms with Gasteiger partial charge in [0.2, 0.25) is 5.91 Å². The number of benzene rings is 2. The summed E-state index contributed by atoms with van der Waals surface area (Å²) < 4.78 is 5.60. The topological polar surface area (TPSA) is 49.9 Å². The molecule has 0 radical (unpaired) electrons. The van der Waals surface area contributed by atoms with Crippen molar-refractivity contribution >= 4 is 29.2 Å². The van der Waals surface area contributed by atoms with Gasteiger partial charge in [0.1, 0.15) is 5.54 Å². The Kier molecular flexibility index (Phi) is 7.71. The molecule has 2 fully saturated rings. The van der Waals surface area contributed by atoms with Gasteiger partial charge in [-0.1, -0.05) is 54.8 Å². The molecule has 0 atom stereocenters. The van der Waals surface area contributed by atoms with Crippen molar-refractivity contribution in [3.63, 3.8) is 0 Å². The van der Waals surface area contributed by atoms with Crippen LogP contribution in [0.3, 0.4) is 0 Å². The molecule has 2 aliphatic rings. The average Bonchev–Trinajstić information content (AvgIpc) is 3.37. The van der Waals surface area contributed by atoms with Crippen LogP contribution < -0.4 is 4.90 Å². The van der Waals surface area contributed by atoms with Crippen molar-refractivity contribution in [2.24, 2.45) is 0 Å². The Morgan fingerprint density at radius 2 is 1.67 bits per heavy atom. The van der Waals surface area contributed by atoms with Gasteiger partial charge >= 0.3 is 5.97 Å². The highest BCUT2D eigenvalue weighted by Gasteiger charge is 2.50. The lowest BCUT2D eigenvalue weighted by atomic mass is 9.83. The Hall–Kier alpha value is -2.37. The second-order valence-corrected chi connectivity index (χ2v) is 9.53. The monoisotopic (exact) mass is 468 g/mol. The Balaban J connectivity index is 1.66. The molecular formula is C27H33ClN2O3. The minimum Gasteiger partial charge on any atom is -0.464 e. The van der Waals surface area contributed by atoms with E-state index in [1.54, 1.807) is 17.0 Å². The number of para-hydroxylation sites is 1. The van der Waals surface area contributed by atoms with E-state index in [1.807, 2.05) is 49.4 Å². The highest BCUT2D eigenvalue weighted by Crippen LogP contribution is 2.37. The number of amides is 1. The molecule has 0 unspecified atom stereocenters. The molecule has 0 bridgehead atoms. The van der Waals surface area contributed by atoms with Gasteiger partial charge in [-0.05, 0) is 62.4 Å². The molecule has 4 rings (SSSR count). The van der Waals surface area contributed by atoms with Crippen LogP contribution in [0.25, 0.3) is 0 Å². The molecule has 0 spiro atoms. The molecule has 1 saturated carbocycles. The lowest BCUT2D eigenvalue weighted by Gasteiger charge is -2.48. The van der Waals surface area contributed by atoms with Crippen LogP contribution in [-0.4, -0.2) is 48.1 Å². The minimum atomic E-state index is -1.00. The predicted octanol–water partition coefficient (Wildman–Crippen LogP) is 5.26. The Bertz CT molecular complexity index is 934. The van der Waals surface area contributed by atoms with Gasteiger partial charge in [0.25, 0.3) is 0 Å². The number of hydrogen-bond donors (Lipinski definition) is 0. The molecule has 2 aromatic rings. The van der Waals surface area contributed by atoms with E-state index in [9.17, 15) is 9.59 Å². The van der Waals surface area contributed by atoms with Crippen molar-refractivity contribution in [1.82, 2.24) is 4.90 Å². The normalized spacial score (nSPS) is 18.7. The summed E-state index contributed by atoms with van der Waals surface area (Å²) in [7, 11) is 0. The van der Waals surface area contributed by atoms with E-state index in [-0.39, 0.29) is 18.3 Å². The number of nitrogens with zero attached hydrogens (tertiary/aromatic N) is 2. The first-order valence-electron chi connectivity index (χ1n) is 12.1. The van der Waals surface area contributed by atoms with Crippen LogP contribution >= 0.6 is 11.6 Å². The SMILES string of the molecule is CCOC(=O)C1(N(C(=O)Cc2ccc(Cl)cc2)c2ccccc2)CCN(C2CCCC2)CC1. The summed E-state index contributed by atoms with van der Waals surface area (Å²) >= 11 is 6.03. The zero-order valence-electron chi connectivity index (χ0n) is 19.3. The van der Waals surface area contributed by atoms with Gasteiger partial charge in [0.05, 0.1) is 13.0 Å². The number of likely N-dealkylation sites (tertiary alicyclic amines) is 1. The van der Waals surface area contributed by atoms with E-state index in [4.69, 9.17) is 16.3 Å². The smallest absolute Gasteiger partial charge is 0.332 e. The number of esters is 1. The molecule has 1 saturated heterocycles. The molecule has 176 valence electrons. The van der Waals surface area contributed by atoms with E-state index >= 15 is 0 Å². The lowest BCUT2D eigenvalue weighted by Crippen LogP contribution is -2.63. The Labute approximate surface area is 201 Å². The lowest BCUT2D eigenvalue weighted by molar-refractivity contribution is -0.153. The van der Waals surface area contributed by atoms with Gasteiger partial charge in [-0.3, -0.25) is 9.69 Å². The quantitative estimate of drug-likeness (QED) is 0.520. The zero-order chi connectivity index (χ0) is 23.3. The fourth-order valence-corrected chi connectivity index (χ4v) is 5.50. The second kappa shape index (κ2) is 10.7.